The van der Waals surface area contributed by atoms with Crippen molar-refractivity contribution in [1.82, 2.24) is 25.4 Å². The first kappa shape index (κ1) is 19.9. The number of thioether (sulfide) groups is 1. The fraction of sp³-hybridized carbons (Fsp3) is 0.556. The molecular weight excluding hydrogens is 382 g/mol. The number of hydrogen-bond acceptors (Lipinski definition) is 6. The van der Waals surface area contributed by atoms with Crippen molar-refractivity contribution in [2.24, 2.45) is 13.0 Å². The zero-order valence-electron chi connectivity index (χ0n) is 16.0. The molecule has 0 unspecified atom stereocenters. The Morgan fingerprint density at radius 3 is 2.93 bits per heavy atom. The van der Waals surface area contributed by atoms with E-state index in [1.165, 1.54) is 42.1 Å². The second-order valence-electron chi connectivity index (χ2n) is 6.77. The van der Waals surface area contributed by atoms with E-state index in [0.29, 0.717) is 5.16 Å². The van der Waals surface area contributed by atoms with Gasteiger partial charge in [-0.25, -0.2) is 4.79 Å². The fourth-order valence-corrected chi connectivity index (χ4v) is 5.22. The molecule has 2 aromatic heterocycles. The minimum Gasteiger partial charge on any atom is -0.341 e. The van der Waals surface area contributed by atoms with Crippen molar-refractivity contribution in [3.05, 3.63) is 16.5 Å². The summed E-state index contributed by atoms with van der Waals surface area (Å²) in [5, 5.41) is 13.5. The molecule has 0 radical (unpaired) electrons. The van der Waals surface area contributed by atoms with Gasteiger partial charge in [-0.05, 0) is 43.7 Å². The van der Waals surface area contributed by atoms with Gasteiger partial charge in [0.05, 0.1) is 10.1 Å². The predicted molar refractivity (Wildman–Crippen MR) is 108 cm³/mol. The van der Waals surface area contributed by atoms with Crippen molar-refractivity contribution in [2.45, 2.75) is 49.9 Å². The lowest BCUT2D eigenvalue weighted by molar-refractivity contribution is -0.119. The van der Waals surface area contributed by atoms with Crippen LogP contribution in [0, 0.1) is 5.92 Å². The molecule has 0 fully saturated rings. The van der Waals surface area contributed by atoms with Crippen LogP contribution in [-0.4, -0.2) is 39.0 Å². The van der Waals surface area contributed by atoms with Crippen LogP contribution in [0.2, 0.25) is 0 Å². The van der Waals surface area contributed by atoms with Crippen LogP contribution in [0.5, 0.6) is 0 Å². The molecule has 9 heteroatoms. The van der Waals surface area contributed by atoms with Crippen molar-refractivity contribution in [3.63, 3.8) is 0 Å². The van der Waals surface area contributed by atoms with Crippen LogP contribution in [0.3, 0.4) is 0 Å². The summed E-state index contributed by atoms with van der Waals surface area (Å²) >= 11 is 3.09. The van der Waals surface area contributed by atoms with Crippen LogP contribution in [-0.2, 0) is 24.7 Å². The molecule has 2 N–H and O–H groups in total. The second kappa shape index (κ2) is 8.43. The van der Waals surface area contributed by atoms with E-state index in [-0.39, 0.29) is 5.91 Å². The quantitative estimate of drug-likeness (QED) is 0.744. The van der Waals surface area contributed by atoms with Gasteiger partial charge >= 0.3 is 6.03 Å². The van der Waals surface area contributed by atoms with E-state index >= 15 is 0 Å². The van der Waals surface area contributed by atoms with Gasteiger partial charge in [-0.15, -0.1) is 21.5 Å². The van der Waals surface area contributed by atoms with Crippen LogP contribution < -0.4 is 10.6 Å². The lowest BCUT2D eigenvalue weighted by atomic mass is 9.87. The fourth-order valence-electron chi connectivity index (χ4n) is 3.18. The minimum absolute atomic E-state index is 0.360. The number of imide groups is 1. The summed E-state index contributed by atoms with van der Waals surface area (Å²) < 4.78 is 1.92. The van der Waals surface area contributed by atoms with Crippen LogP contribution in [0.4, 0.5) is 4.79 Å². The maximum atomic E-state index is 12.0. The Morgan fingerprint density at radius 1 is 1.44 bits per heavy atom. The summed E-state index contributed by atoms with van der Waals surface area (Å²) in [6, 6.07) is 1.74. The summed E-state index contributed by atoms with van der Waals surface area (Å²) in [7, 11) is 3.38. The maximum Gasteiger partial charge on any atom is 0.321 e. The number of fused-ring (bicyclic) bond motifs is 1. The van der Waals surface area contributed by atoms with Crippen molar-refractivity contribution < 1.29 is 9.59 Å². The molecule has 0 saturated carbocycles. The third kappa shape index (κ3) is 4.35. The molecule has 7 nitrogen and oxygen atoms in total. The third-order valence-corrected chi connectivity index (χ3v) is 7.30. The Labute approximate surface area is 167 Å². The van der Waals surface area contributed by atoms with E-state index < -0.39 is 11.3 Å². The molecule has 1 aliphatic carbocycles. The molecule has 2 heterocycles. The van der Waals surface area contributed by atoms with Gasteiger partial charge in [-0.1, -0.05) is 25.1 Å². The van der Waals surface area contributed by atoms with E-state index in [4.69, 9.17) is 0 Å². The summed E-state index contributed by atoms with van der Waals surface area (Å²) in [5.41, 5.74) is 1.45. The molecule has 3 amide bonds. The molecule has 0 aromatic carbocycles. The summed E-state index contributed by atoms with van der Waals surface area (Å²) in [6.45, 7) is 4.00. The van der Waals surface area contributed by atoms with Crippen LogP contribution >= 0.6 is 23.1 Å². The minimum atomic E-state index is -0.513. The van der Waals surface area contributed by atoms with Gasteiger partial charge in [0.15, 0.2) is 11.0 Å². The topological polar surface area (TPSA) is 88.9 Å². The average Bonchev–Trinajstić information content (AvgIpc) is 3.24. The Morgan fingerprint density at radius 2 is 2.22 bits per heavy atom. The largest absolute Gasteiger partial charge is 0.341 e. The lowest BCUT2D eigenvalue weighted by Gasteiger charge is -2.19. The molecule has 3 rings (SSSR count). The molecule has 0 aliphatic heterocycles. The number of urea groups is 1. The number of carbonyl (C=O) groups excluding carboxylic acids is 2. The molecule has 0 saturated heterocycles. The zero-order valence-corrected chi connectivity index (χ0v) is 17.7. The molecule has 0 spiro atoms. The van der Waals surface area contributed by atoms with Crippen LogP contribution in [0.25, 0.3) is 10.7 Å². The highest BCUT2D eigenvalue weighted by atomic mass is 32.2. The van der Waals surface area contributed by atoms with Crippen molar-refractivity contribution in [2.75, 3.05) is 7.05 Å². The van der Waals surface area contributed by atoms with Crippen molar-refractivity contribution in [1.29, 1.82) is 0 Å². The number of thiophene rings is 1. The molecular formula is C18H25N5O2S2. The molecule has 27 heavy (non-hydrogen) atoms. The number of carbonyl (C=O) groups is 2. The first-order chi connectivity index (χ1) is 12.9. The summed E-state index contributed by atoms with van der Waals surface area (Å²) in [5.74, 6) is 1.25. The van der Waals surface area contributed by atoms with Gasteiger partial charge < -0.3 is 9.88 Å². The summed E-state index contributed by atoms with van der Waals surface area (Å²) in [4.78, 5) is 25.9. The monoisotopic (exact) mass is 407 g/mol. The van der Waals surface area contributed by atoms with E-state index in [9.17, 15) is 9.59 Å². The number of hydrogen-bond donors (Lipinski definition) is 2. The van der Waals surface area contributed by atoms with E-state index in [1.54, 1.807) is 18.3 Å². The zero-order chi connectivity index (χ0) is 19.6. The summed E-state index contributed by atoms with van der Waals surface area (Å²) in [6.07, 6.45) is 4.79. The average molecular weight is 408 g/mol. The van der Waals surface area contributed by atoms with Gasteiger partial charge in [0.2, 0.25) is 5.91 Å². The standard InChI is InChI=1S/C18H25N5O2S2/c1-5-11-6-7-13-12(8-11)9-14(27-13)15-21-22-18(23(15)4)26-10(2)16(24)20-17(25)19-3/h9-11H,5-8H2,1-4H3,(H2,19,20,24,25)/t10-,11+/m0/s1. The van der Waals surface area contributed by atoms with Gasteiger partial charge in [0.25, 0.3) is 0 Å². The number of aromatic nitrogens is 3. The van der Waals surface area contributed by atoms with Gasteiger partial charge in [0, 0.05) is 19.0 Å². The van der Waals surface area contributed by atoms with Gasteiger partial charge in [0.1, 0.15) is 0 Å². The highest BCUT2D eigenvalue weighted by molar-refractivity contribution is 8.00. The number of rotatable bonds is 5. The number of aryl methyl sites for hydroxylation is 1. The van der Waals surface area contributed by atoms with Gasteiger partial charge in [-0.2, -0.15) is 0 Å². The molecule has 146 valence electrons. The first-order valence-corrected chi connectivity index (χ1v) is 10.8. The first-order valence-electron chi connectivity index (χ1n) is 9.13. The molecule has 0 bridgehead atoms. The lowest BCUT2D eigenvalue weighted by Crippen LogP contribution is -2.41. The van der Waals surface area contributed by atoms with Crippen molar-refractivity contribution in [3.8, 4) is 10.7 Å². The number of nitrogens with zero attached hydrogens (tertiary/aromatic N) is 3. The molecule has 2 aromatic rings. The number of nitrogens with one attached hydrogen (secondary N) is 2. The van der Waals surface area contributed by atoms with Gasteiger partial charge in [-0.3, -0.25) is 10.1 Å². The van der Waals surface area contributed by atoms with E-state index in [0.717, 1.165) is 29.5 Å². The van der Waals surface area contributed by atoms with Crippen LogP contribution in [0.15, 0.2) is 11.2 Å². The van der Waals surface area contributed by atoms with Crippen LogP contribution in [0.1, 0.15) is 37.1 Å². The SMILES string of the molecule is CC[C@@H]1CCc2sc(-c3nnc(S[C@@H](C)C(=O)NC(=O)NC)n3C)cc2C1. The van der Waals surface area contributed by atoms with E-state index in [2.05, 4.69) is 33.8 Å². The Balaban J connectivity index is 1.73. The van der Waals surface area contributed by atoms with Crippen molar-refractivity contribution >= 4 is 35.0 Å². The Kier molecular flexibility index (Phi) is 6.21. The third-order valence-electron chi connectivity index (χ3n) is 4.93. The maximum absolute atomic E-state index is 12.0. The Bertz CT molecular complexity index is 845. The highest BCUT2D eigenvalue weighted by Gasteiger charge is 2.24. The second-order valence-corrected chi connectivity index (χ2v) is 9.21. The normalized spacial score (nSPS) is 17.3. The molecule has 1 aliphatic rings. The highest BCUT2D eigenvalue weighted by Crippen LogP contribution is 2.38. The molecule has 2 atom stereocenters. The number of amides is 3. The van der Waals surface area contributed by atoms with E-state index in [1.807, 2.05) is 11.6 Å². The Hall–Kier alpha value is -1.87. The smallest absolute Gasteiger partial charge is 0.321 e. The predicted octanol–water partition coefficient (Wildman–Crippen LogP) is 2.99.